The lowest BCUT2D eigenvalue weighted by molar-refractivity contribution is 0.618. The Morgan fingerprint density at radius 3 is 2.88 bits per heavy atom. The monoisotopic (exact) mass is 335 g/mol. The van der Waals surface area contributed by atoms with E-state index in [1.165, 1.54) is 25.0 Å². The maximum Gasteiger partial charge on any atom is 0.0451 e. The summed E-state index contributed by atoms with van der Waals surface area (Å²) >= 11 is 11.5. The molecule has 0 amide bonds. The van der Waals surface area contributed by atoms with E-state index in [0.717, 1.165) is 28.1 Å². The van der Waals surface area contributed by atoms with Gasteiger partial charge >= 0.3 is 0 Å². The number of hydrogen-bond donors (Lipinski definition) is 1. The molecule has 1 aromatic carbocycles. The van der Waals surface area contributed by atoms with Crippen molar-refractivity contribution in [1.29, 1.82) is 0 Å². The van der Waals surface area contributed by atoms with Crippen LogP contribution in [0.15, 0.2) is 22.7 Å². The van der Waals surface area contributed by atoms with Gasteiger partial charge in [0.15, 0.2) is 0 Å². The number of halogens is 2. The van der Waals surface area contributed by atoms with Crippen molar-refractivity contribution >= 4 is 39.3 Å². The molecular formula is C13H19BrClNS. The van der Waals surface area contributed by atoms with Crippen LogP contribution >= 0.6 is 39.3 Å². The lowest BCUT2D eigenvalue weighted by Gasteiger charge is -2.07. The second kappa shape index (κ2) is 9.26. The summed E-state index contributed by atoms with van der Waals surface area (Å²) in [4.78, 5) is 0. The summed E-state index contributed by atoms with van der Waals surface area (Å²) in [6.07, 6.45) is 6.03. The van der Waals surface area contributed by atoms with Crippen LogP contribution in [0.5, 0.6) is 0 Å². The highest BCUT2D eigenvalue weighted by Gasteiger charge is 2.00. The van der Waals surface area contributed by atoms with Gasteiger partial charge in [0.25, 0.3) is 0 Å². The van der Waals surface area contributed by atoms with E-state index in [1.54, 1.807) is 0 Å². The lowest BCUT2D eigenvalue weighted by atomic mass is 10.2. The Bertz CT molecular complexity index is 333. The molecule has 0 bridgehead atoms. The molecule has 1 rings (SSSR count). The van der Waals surface area contributed by atoms with Crippen molar-refractivity contribution in [3.05, 3.63) is 33.3 Å². The van der Waals surface area contributed by atoms with Gasteiger partial charge in [-0.25, -0.2) is 0 Å². The molecule has 0 aromatic heterocycles. The summed E-state index contributed by atoms with van der Waals surface area (Å²) in [6.45, 7) is 1.91. The Hall–Kier alpha value is 0.300. The number of nitrogens with one attached hydrogen (secondary N) is 1. The van der Waals surface area contributed by atoms with Crippen LogP contribution in [0, 0.1) is 0 Å². The van der Waals surface area contributed by atoms with Gasteiger partial charge in [-0.15, -0.1) is 0 Å². The third-order valence-corrected chi connectivity index (χ3v) is 4.08. The van der Waals surface area contributed by atoms with Crippen molar-refractivity contribution in [2.45, 2.75) is 25.8 Å². The van der Waals surface area contributed by atoms with Crippen molar-refractivity contribution in [2.24, 2.45) is 0 Å². The van der Waals surface area contributed by atoms with Crippen LogP contribution in [0.2, 0.25) is 5.02 Å². The Morgan fingerprint density at radius 2 is 2.12 bits per heavy atom. The maximum absolute atomic E-state index is 6.11. The Balaban J connectivity index is 2.15. The molecule has 0 aliphatic rings. The summed E-state index contributed by atoms with van der Waals surface area (Å²) in [5.41, 5.74) is 1.16. The number of benzene rings is 1. The molecule has 0 saturated heterocycles. The highest BCUT2D eigenvalue weighted by Crippen LogP contribution is 2.20. The smallest absolute Gasteiger partial charge is 0.0451 e. The zero-order valence-corrected chi connectivity index (χ0v) is 13.3. The molecule has 1 aromatic rings. The average Bonchev–Trinajstić information content (AvgIpc) is 2.32. The lowest BCUT2D eigenvalue weighted by Crippen LogP contribution is -2.15. The van der Waals surface area contributed by atoms with E-state index >= 15 is 0 Å². The fraction of sp³-hybridized carbons (Fsp3) is 0.538. The van der Waals surface area contributed by atoms with E-state index in [1.807, 2.05) is 23.9 Å². The van der Waals surface area contributed by atoms with E-state index in [2.05, 4.69) is 33.6 Å². The molecule has 0 radical (unpaired) electrons. The molecule has 0 spiro atoms. The first-order valence-corrected chi connectivity index (χ1v) is 8.44. The average molecular weight is 337 g/mol. The molecule has 1 N–H and O–H groups in total. The minimum Gasteiger partial charge on any atom is -0.313 e. The third kappa shape index (κ3) is 6.70. The molecule has 0 aliphatic carbocycles. The Kier molecular flexibility index (Phi) is 8.36. The Labute approximate surface area is 122 Å². The molecule has 0 heterocycles. The summed E-state index contributed by atoms with van der Waals surface area (Å²) in [5.74, 6) is 1.28. The van der Waals surface area contributed by atoms with Crippen LogP contribution in [0.25, 0.3) is 0 Å². The largest absolute Gasteiger partial charge is 0.313 e. The Morgan fingerprint density at radius 1 is 1.29 bits per heavy atom. The predicted molar refractivity (Wildman–Crippen MR) is 83.1 cm³/mol. The second-order valence-corrected chi connectivity index (χ2v) is 6.27. The number of thioether (sulfide) groups is 1. The summed E-state index contributed by atoms with van der Waals surface area (Å²) < 4.78 is 1.08. The minimum atomic E-state index is 0.836. The van der Waals surface area contributed by atoms with Crippen LogP contribution in [-0.4, -0.2) is 18.6 Å². The summed E-state index contributed by atoms with van der Waals surface area (Å²) in [5, 5.41) is 4.27. The molecule has 4 heteroatoms. The van der Waals surface area contributed by atoms with E-state index in [4.69, 9.17) is 11.6 Å². The molecule has 1 nitrogen and oxygen atoms in total. The fourth-order valence-corrected chi connectivity index (χ4v) is 2.66. The summed E-state index contributed by atoms with van der Waals surface area (Å²) in [6, 6.07) is 5.97. The van der Waals surface area contributed by atoms with Crippen LogP contribution in [-0.2, 0) is 6.54 Å². The molecule has 0 atom stereocenters. The number of hydrogen-bond acceptors (Lipinski definition) is 2. The van der Waals surface area contributed by atoms with Gasteiger partial charge in [0.1, 0.15) is 0 Å². The van der Waals surface area contributed by atoms with Gasteiger partial charge in [-0.3, -0.25) is 0 Å². The van der Waals surface area contributed by atoms with E-state index in [9.17, 15) is 0 Å². The van der Waals surface area contributed by atoms with Gasteiger partial charge in [0, 0.05) is 16.0 Å². The van der Waals surface area contributed by atoms with Crippen molar-refractivity contribution in [2.75, 3.05) is 18.6 Å². The van der Waals surface area contributed by atoms with Crippen LogP contribution in [0.4, 0.5) is 0 Å². The topological polar surface area (TPSA) is 12.0 Å². The van der Waals surface area contributed by atoms with Crippen molar-refractivity contribution < 1.29 is 0 Å². The second-order valence-electron chi connectivity index (χ2n) is 3.97. The van der Waals surface area contributed by atoms with Crippen LogP contribution < -0.4 is 5.32 Å². The highest BCUT2D eigenvalue weighted by molar-refractivity contribution is 9.10. The molecule has 0 aliphatic heterocycles. The first-order valence-electron chi connectivity index (χ1n) is 5.87. The molecular weight excluding hydrogens is 318 g/mol. The first-order chi connectivity index (χ1) is 8.24. The van der Waals surface area contributed by atoms with Crippen molar-refractivity contribution in [1.82, 2.24) is 5.32 Å². The van der Waals surface area contributed by atoms with E-state index in [0.29, 0.717) is 0 Å². The van der Waals surface area contributed by atoms with Gasteiger partial charge < -0.3 is 5.32 Å². The maximum atomic E-state index is 6.11. The van der Waals surface area contributed by atoms with Gasteiger partial charge in [-0.2, -0.15) is 11.8 Å². The zero-order valence-electron chi connectivity index (χ0n) is 10.1. The molecule has 17 heavy (non-hydrogen) atoms. The van der Waals surface area contributed by atoms with Gasteiger partial charge in [0.2, 0.25) is 0 Å². The van der Waals surface area contributed by atoms with Gasteiger partial charge in [-0.05, 0) is 55.2 Å². The molecule has 0 fully saturated rings. The number of unbranched alkanes of at least 4 members (excludes halogenated alkanes) is 2. The van der Waals surface area contributed by atoms with Gasteiger partial charge in [-0.1, -0.05) is 34.0 Å². The fourth-order valence-electron chi connectivity index (χ4n) is 1.58. The zero-order chi connectivity index (χ0) is 12.5. The quantitative estimate of drug-likeness (QED) is 0.689. The standard InChI is InChI=1S/C13H19BrClNS/c1-17-8-4-2-3-7-16-10-11-9-12(14)5-6-13(11)15/h5-6,9,16H,2-4,7-8,10H2,1H3. The predicted octanol–water partition coefficient (Wildman–Crippen LogP) is 4.73. The van der Waals surface area contributed by atoms with Crippen LogP contribution in [0.3, 0.4) is 0 Å². The van der Waals surface area contributed by atoms with Crippen molar-refractivity contribution in [3.63, 3.8) is 0 Å². The molecule has 0 unspecified atom stereocenters. The van der Waals surface area contributed by atoms with Gasteiger partial charge in [0.05, 0.1) is 0 Å². The summed E-state index contributed by atoms with van der Waals surface area (Å²) in [7, 11) is 0. The first kappa shape index (κ1) is 15.4. The van der Waals surface area contributed by atoms with Crippen LogP contribution in [0.1, 0.15) is 24.8 Å². The molecule has 96 valence electrons. The minimum absolute atomic E-state index is 0.836. The normalized spacial score (nSPS) is 10.8. The number of rotatable bonds is 8. The SMILES string of the molecule is CSCCCCCNCc1cc(Br)ccc1Cl. The molecule has 0 saturated carbocycles. The van der Waals surface area contributed by atoms with Crippen molar-refractivity contribution in [3.8, 4) is 0 Å². The highest BCUT2D eigenvalue weighted by atomic mass is 79.9. The van der Waals surface area contributed by atoms with E-state index < -0.39 is 0 Å². The van der Waals surface area contributed by atoms with E-state index in [-0.39, 0.29) is 0 Å². The third-order valence-electron chi connectivity index (χ3n) is 2.53.